The first-order chi connectivity index (χ1) is 7.27. The molecule has 1 nitrogen and oxygen atoms in total. The Morgan fingerprint density at radius 3 is 2.40 bits per heavy atom. The number of nitrogens with zero attached hydrogens (tertiary/aromatic N) is 1. The summed E-state index contributed by atoms with van der Waals surface area (Å²) < 4.78 is 0. The summed E-state index contributed by atoms with van der Waals surface area (Å²) in [5, 5.41) is 0. The van der Waals surface area contributed by atoms with Crippen molar-refractivity contribution in [1.29, 1.82) is 0 Å². The van der Waals surface area contributed by atoms with Gasteiger partial charge in [0.05, 0.1) is 0 Å². The molecule has 0 spiro atoms. The summed E-state index contributed by atoms with van der Waals surface area (Å²) in [5.74, 6) is 0.644. The molecular formula is C14H23N. The molecule has 0 N–H and O–H groups in total. The summed E-state index contributed by atoms with van der Waals surface area (Å²) in [5.41, 5.74) is 1.32. The molecule has 84 valence electrons. The van der Waals surface area contributed by atoms with Gasteiger partial charge in [0.2, 0.25) is 0 Å². The van der Waals surface area contributed by atoms with Crippen LogP contribution in [0.3, 0.4) is 0 Å². The Morgan fingerprint density at radius 2 is 1.87 bits per heavy atom. The first-order valence-corrected chi connectivity index (χ1v) is 6.35. The van der Waals surface area contributed by atoms with Crippen LogP contribution in [-0.2, 0) is 0 Å². The van der Waals surface area contributed by atoms with E-state index >= 15 is 0 Å². The number of allylic oxidation sites excluding steroid dienone is 2. The second kappa shape index (κ2) is 4.98. The van der Waals surface area contributed by atoms with Crippen LogP contribution in [0.1, 0.15) is 39.0 Å². The monoisotopic (exact) mass is 205 g/mol. The molecule has 2 rings (SSSR count). The Labute approximate surface area is 93.9 Å². The molecule has 1 heteroatoms. The van der Waals surface area contributed by atoms with Crippen LogP contribution in [0, 0.1) is 5.92 Å². The summed E-state index contributed by atoms with van der Waals surface area (Å²) >= 11 is 0. The molecule has 0 radical (unpaired) electrons. The zero-order valence-electron chi connectivity index (χ0n) is 9.91. The lowest BCUT2D eigenvalue weighted by molar-refractivity contribution is 0.175. The fourth-order valence-corrected chi connectivity index (χ4v) is 2.77. The molecule has 0 saturated carbocycles. The van der Waals surface area contributed by atoms with Gasteiger partial charge in [-0.1, -0.05) is 30.7 Å². The molecule has 0 aromatic heterocycles. The lowest BCUT2D eigenvalue weighted by atomic mass is 9.87. The minimum absolute atomic E-state index is 0.644. The molecule has 0 amide bonds. The third kappa shape index (κ3) is 2.72. The Bertz CT molecular complexity index is 248. The number of likely N-dealkylation sites (tertiary alicyclic amines) is 1. The second-order valence-corrected chi connectivity index (χ2v) is 5.08. The molecule has 1 fully saturated rings. The van der Waals surface area contributed by atoms with Crippen molar-refractivity contribution in [2.45, 2.75) is 45.1 Å². The van der Waals surface area contributed by atoms with Crippen molar-refractivity contribution in [3.05, 3.63) is 24.3 Å². The highest BCUT2D eigenvalue weighted by Gasteiger charge is 2.22. The highest BCUT2D eigenvalue weighted by Crippen LogP contribution is 2.27. The summed E-state index contributed by atoms with van der Waals surface area (Å²) in [6, 6.07) is 0.723. The van der Waals surface area contributed by atoms with E-state index in [4.69, 9.17) is 0 Å². The maximum absolute atomic E-state index is 4.05. The van der Waals surface area contributed by atoms with E-state index in [9.17, 15) is 0 Å². The molecule has 0 bridgehead atoms. The van der Waals surface area contributed by atoms with E-state index in [2.05, 4.69) is 30.6 Å². The maximum Gasteiger partial charge on any atom is 0.0278 e. The van der Waals surface area contributed by atoms with Crippen LogP contribution in [-0.4, -0.2) is 24.0 Å². The Morgan fingerprint density at radius 1 is 1.13 bits per heavy atom. The van der Waals surface area contributed by atoms with Crippen LogP contribution in [0.4, 0.5) is 0 Å². The van der Waals surface area contributed by atoms with Crippen LogP contribution in [0.25, 0.3) is 0 Å². The highest BCUT2D eigenvalue weighted by molar-refractivity contribution is 5.13. The van der Waals surface area contributed by atoms with Gasteiger partial charge in [-0.25, -0.2) is 0 Å². The highest BCUT2D eigenvalue weighted by atomic mass is 15.2. The summed E-state index contributed by atoms with van der Waals surface area (Å²) in [6.45, 7) is 8.83. The van der Waals surface area contributed by atoms with Gasteiger partial charge in [-0.2, -0.15) is 0 Å². The zero-order chi connectivity index (χ0) is 10.7. The lowest BCUT2D eigenvalue weighted by Gasteiger charge is -2.35. The number of piperidine rings is 1. The number of hydrogen-bond donors (Lipinski definition) is 0. The molecule has 2 atom stereocenters. The van der Waals surface area contributed by atoms with Gasteiger partial charge in [-0.05, 0) is 51.6 Å². The molecule has 1 aliphatic carbocycles. The van der Waals surface area contributed by atoms with E-state index in [1.165, 1.54) is 50.8 Å². The van der Waals surface area contributed by atoms with Crippen LogP contribution in [0.5, 0.6) is 0 Å². The number of hydrogen-bond acceptors (Lipinski definition) is 1. The van der Waals surface area contributed by atoms with Crippen LogP contribution in [0.15, 0.2) is 24.3 Å². The summed E-state index contributed by atoms with van der Waals surface area (Å²) in [6.07, 6.45) is 11.7. The first-order valence-electron chi connectivity index (χ1n) is 6.35. The van der Waals surface area contributed by atoms with E-state index in [0.29, 0.717) is 5.92 Å². The maximum atomic E-state index is 4.05. The third-order valence-corrected chi connectivity index (χ3v) is 3.83. The molecule has 2 aliphatic rings. The molecule has 1 heterocycles. The van der Waals surface area contributed by atoms with Gasteiger partial charge in [0, 0.05) is 6.04 Å². The Kier molecular flexibility index (Phi) is 3.63. The smallest absolute Gasteiger partial charge is 0.0278 e. The van der Waals surface area contributed by atoms with Crippen molar-refractivity contribution >= 4 is 0 Å². The topological polar surface area (TPSA) is 3.24 Å². The minimum Gasteiger partial charge on any atom is -0.297 e. The standard InChI is InChI=1S/C14H23N/c1-12(2)13-6-8-14(9-7-13)15-10-4-3-5-11-15/h6,8,13-14H,1,3-5,7,9-11H2,2H3. The molecule has 1 saturated heterocycles. The predicted molar refractivity (Wildman–Crippen MR) is 65.9 cm³/mol. The van der Waals surface area contributed by atoms with Crippen molar-refractivity contribution in [2.24, 2.45) is 5.92 Å². The van der Waals surface area contributed by atoms with Crippen molar-refractivity contribution in [3.63, 3.8) is 0 Å². The molecule has 1 aliphatic heterocycles. The Balaban J connectivity index is 1.90. The van der Waals surface area contributed by atoms with Crippen LogP contribution in [0.2, 0.25) is 0 Å². The molecule has 2 unspecified atom stereocenters. The molecule has 0 aromatic rings. The zero-order valence-corrected chi connectivity index (χ0v) is 9.91. The Hall–Kier alpha value is -0.560. The van der Waals surface area contributed by atoms with Crippen molar-refractivity contribution < 1.29 is 0 Å². The minimum atomic E-state index is 0.644. The van der Waals surface area contributed by atoms with Crippen molar-refractivity contribution in [3.8, 4) is 0 Å². The van der Waals surface area contributed by atoms with E-state index in [-0.39, 0.29) is 0 Å². The van der Waals surface area contributed by atoms with Crippen LogP contribution >= 0.6 is 0 Å². The predicted octanol–water partition coefficient (Wildman–Crippen LogP) is 3.38. The van der Waals surface area contributed by atoms with Crippen LogP contribution < -0.4 is 0 Å². The molecule has 15 heavy (non-hydrogen) atoms. The van der Waals surface area contributed by atoms with E-state index in [1.807, 2.05) is 0 Å². The summed E-state index contributed by atoms with van der Waals surface area (Å²) in [4.78, 5) is 2.66. The van der Waals surface area contributed by atoms with E-state index in [0.717, 1.165) is 6.04 Å². The van der Waals surface area contributed by atoms with E-state index < -0.39 is 0 Å². The normalized spacial score (nSPS) is 32.9. The van der Waals surface area contributed by atoms with Gasteiger partial charge < -0.3 is 0 Å². The van der Waals surface area contributed by atoms with Gasteiger partial charge in [0.25, 0.3) is 0 Å². The largest absolute Gasteiger partial charge is 0.297 e. The molecular weight excluding hydrogens is 182 g/mol. The van der Waals surface area contributed by atoms with Gasteiger partial charge >= 0.3 is 0 Å². The fourth-order valence-electron chi connectivity index (χ4n) is 2.77. The van der Waals surface area contributed by atoms with Gasteiger partial charge in [0.15, 0.2) is 0 Å². The summed E-state index contributed by atoms with van der Waals surface area (Å²) in [7, 11) is 0. The average molecular weight is 205 g/mol. The number of rotatable bonds is 2. The van der Waals surface area contributed by atoms with E-state index in [1.54, 1.807) is 0 Å². The first kappa shape index (κ1) is 10.9. The fraction of sp³-hybridized carbons (Fsp3) is 0.714. The average Bonchev–Trinajstić information content (AvgIpc) is 2.30. The lowest BCUT2D eigenvalue weighted by Crippen LogP contribution is -2.39. The third-order valence-electron chi connectivity index (χ3n) is 3.83. The van der Waals surface area contributed by atoms with Crippen molar-refractivity contribution in [2.75, 3.05) is 13.1 Å². The SMILES string of the molecule is C=C(C)C1C=CC(N2CCCCC2)CC1. The quantitative estimate of drug-likeness (QED) is 0.625. The second-order valence-electron chi connectivity index (χ2n) is 5.08. The van der Waals surface area contributed by atoms with Gasteiger partial charge in [0.1, 0.15) is 0 Å². The van der Waals surface area contributed by atoms with Gasteiger partial charge in [-0.15, -0.1) is 0 Å². The van der Waals surface area contributed by atoms with Gasteiger partial charge in [-0.3, -0.25) is 4.90 Å². The molecule has 0 aromatic carbocycles. The van der Waals surface area contributed by atoms with Crippen molar-refractivity contribution in [1.82, 2.24) is 4.90 Å².